The molecular weight excluding hydrogens is 220 g/mol. The fraction of sp³-hybridized carbons (Fsp3) is 0.562. The standard InChI is InChI=1S/C16H24N2/c1-18(2)16(13-14-9-5-3-6-10-14)17-15-11-7-4-8-12-15/h3,5-6,9-10,15H,4,7-8,11-13H2,1-2H3. The van der Waals surface area contributed by atoms with Crippen molar-refractivity contribution in [3.63, 3.8) is 0 Å². The number of likely N-dealkylation sites (N-methyl/N-ethyl adjacent to an activating group) is 1. The van der Waals surface area contributed by atoms with Gasteiger partial charge in [0.15, 0.2) is 0 Å². The molecule has 0 amide bonds. The minimum absolute atomic E-state index is 0.555. The molecule has 0 spiro atoms. The van der Waals surface area contributed by atoms with E-state index in [1.54, 1.807) is 0 Å². The van der Waals surface area contributed by atoms with Gasteiger partial charge in [-0.3, -0.25) is 4.99 Å². The minimum atomic E-state index is 0.555. The van der Waals surface area contributed by atoms with Gasteiger partial charge in [0.1, 0.15) is 5.84 Å². The van der Waals surface area contributed by atoms with E-state index in [0.717, 1.165) is 6.42 Å². The van der Waals surface area contributed by atoms with Gasteiger partial charge in [-0.2, -0.15) is 0 Å². The van der Waals surface area contributed by atoms with E-state index in [9.17, 15) is 0 Å². The van der Waals surface area contributed by atoms with E-state index in [4.69, 9.17) is 4.99 Å². The number of hydrogen-bond acceptors (Lipinski definition) is 1. The molecule has 98 valence electrons. The van der Waals surface area contributed by atoms with Gasteiger partial charge in [0.25, 0.3) is 0 Å². The zero-order valence-corrected chi connectivity index (χ0v) is 11.6. The Hall–Kier alpha value is -1.31. The molecule has 18 heavy (non-hydrogen) atoms. The molecule has 1 fully saturated rings. The molecule has 0 saturated heterocycles. The molecule has 0 radical (unpaired) electrons. The molecule has 0 aliphatic heterocycles. The summed E-state index contributed by atoms with van der Waals surface area (Å²) >= 11 is 0. The van der Waals surface area contributed by atoms with Crippen molar-refractivity contribution in [2.75, 3.05) is 14.1 Å². The average Bonchev–Trinajstić information content (AvgIpc) is 2.40. The molecule has 1 aromatic carbocycles. The normalized spacial score (nSPS) is 17.8. The van der Waals surface area contributed by atoms with Crippen LogP contribution in [0.3, 0.4) is 0 Å². The fourth-order valence-corrected chi connectivity index (χ4v) is 2.52. The molecule has 1 aromatic rings. The highest BCUT2D eigenvalue weighted by Crippen LogP contribution is 2.21. The van der Waals surface area contributed by atoms with Gasteiger partial charge in [-0.05, 0) is 18.4 Å². The highest BCUT2D eigenvalue weighted by molar-refractivity contribution is 5.84. The third-order valence-electron chi connectivity index (χ3n) is 3.63. The zero-order valence-electron chi connectivity index (χ0n) is 11.6. The molecule has 1 aliphatic rings. The second-order valence-corrected chi connectivity index (χ2v) is 5.39. The van der Waals surface area contributed by atoms with Crippen LogP contribution in [-0.2, 0) is 6.42 Å². The van der Waals surface area contributed by atoms with Crippen molar-refractivity contribution in [3.05, 3.63) is 35.9 Å². The van der Waals surface area contributed by atoms with Crippen LogP contribution in [0.15, 0.2) is 35.3 Å². The predicted molar refractivity (Wildman–Crippen MR) is 78.1 cm³/mol. The summed E-state index contributed by atoms with van der Waals surface area (Å²) in [5.74, 6) is 1.22. The summed E-state index contributed by atoms with van der Waals surface area (Å²) in [7, 11) is 4.20. The van der Waals surface area contributed by atoms with Crippen molar-refractivity contribution in [1.82, 2.24) is 4.90 Å². The van der Waals surface area contributed by atoms with Gasteiger partial charge in [-0.15, -0.1) is 0 Å². The van der Waals surface area contributed by atoms with Crippen LogP contribution in [-0.4, -0.2) is 30.9 Å². The van der Waals surface area contributed by atoms with Crippen LogP contribution in [0.25, 0.3) is 0 Å². The summed E-state index contributed by atoms with van der Waals surface area (Å²) in [6.45, 7) is 0. The van der Waals surface area contributed by atoms with E-state index in [1.807, 2.05) is 0 Å². The SMILES string of the molecule is CN(C)C(Cc1ccccc1)=NC1CCCCC1. The molecule has 0 aromatic heterocycles. The molecule has 2 heteroatoms. The lowest BCUT2D eigenvalue weighted by molar-refractivity contribution is 0.437. The molecule has 0 bridgehead atoms. The van der Waals surface area contributed by atoms with Gasteiger partial charge in [-0.1, -0.05) is 49.6 Å². The first kappa shape index (κ1) is 13.1. The van der Waals surface area contributed by atoms with E-state index in [-0.39, 0.29) is 0 Å². The quantitative estimate of drug-likeness (QED) is 0.587. The van der Waals surface area contributed by atoms with Gasteiger partial charge in [0.2, 0.25) is 0 Å². The second-order valence-electron chi connectivity index (χ2n) is 5.39. The van der Waals surface area contributed by atoms with Crippen LogP contribution in [0.4, 0.5) is 0 Å². The van der Waals surface area contributed by atoms with Crippen LogP contribution >= 0.6 is 0 Å². The van der Waals surface area contributed by atoms with Gasteiger partial charge in [0.05, 0.1) is 6.04 Å². The monoisotopic (exact) mass is 244 g/mol. The molecule has 1 aliphatic carbocycles. The molecule has 0 unspecified atom stereocenters. The van der Waals surface area contributed by atoms with E-state index in [0.29, 0.717) is 6.04 Å². The van der Waals surface area contributed by atoms with E-state index < -0.39 is 0 Å². The molecule has 0 atom stereocenters. The summed E-state index contributed by atoms with van der Waals surface area (Å²) < 4.78 is 0. The Balaban J connectivity index is 2.05. The van der Waals surface area contributed by atoms with Crippen molar-refractivity contribution < 1.29 is 0 Å². The minimum Gasteiger partial charge on any atom is -0.366 e. The van der Waals surface area contributed by atoms with E-state index in [1.165, 1.54) is 43.5 Å². The summed E-state index contributed by atoms with van der Waals surface area (Å²) in [5, 5.41) is 0. The Kier molecular flexibility index (Phi) is 4.80. The van der Waals surface area contributed by atoms with Crippen LogP contribution < -0.4 is 0 Å². The van der Waals surface area contributed by atoms with Crippen LogP contribution in [0.5, 0.6) is 0 Å². The van der Waals surface area contributed by atoms with Crippen molar-refractivity contribution >= 4 is 5.84 Å². The lowest BCUT2D eigenvalue weighted by Gasteiger charge is -2.22. The maximum atomic E-state index is 4.97. The maximum Gasteiger partial charge on any atom is 0.103 e. The Labute approximate surface area is 111 Å². The van der Waals surface area contributed by atoms with E-state index in [2.05, 4.69) is 49.3 Å². The number of nitrogens with zero attached hydrogens (tertiary/aromatic N) is 2. The van der Waals surface area contributed by atoms with Gasteiger partial charge in [0, 0.05) is 20.5 Å². The first-order valence-electron chi connectivity index (χ1n) is 7.03. The number of aliphatic imine (C=N–C) groups is 1. The van der Waals surface area contributed by atoms with Crippen LogP contribution in [0.1, 0.15) is 37.7 Å². The molecule has 2 rings (SSSR count). The summed E-state index contributed by atoms with van der Waals surface area (Å²) in [6.07, 6.45) is 7.57. The Bertz CT molecular complexity index is 375. The smallest absolute Gasteiger partial charge is 0.103 e. The topological polar surface area (TPSA) is 15.6 Å². The average molecular weight is 244 g/mol. The Morgan fingerprint density at radius 3 is 2.39 bits per heavy atom. The maximum absolute atomic E-state index is 4.97. The number of hydrogen-bond donors (Lipinski definition) is 0. The van der Waals surface area contributed by atoms with E-state index >= 15 is 0 Å². The van der Waals surface area contributed by atoms with Crippen LogP contribution in [0, 0.1) is 0 Å². The van der Waals surface area contributed by atoms with Crippen molar-refractivity contribution in [1.29, 1.82) is 0 Å². The lowest BCUT2D eigenvalue weighted by atomic mass is 9.96. The van der Waals surface area contributed by atoms with Gasteiger partial charge in [-0.25, -0.2) is 0 Å². The van der Waals surface area contributed by atoms with Crippen molar-refractivity contribution in [2.24, 2.45) is 4.99 Å². The first-order chi connectivity index (χ1) is 8.75. The summed E-state index contributed by atoms with van der Waals surface area (Å²) in [6, 6.07) is 11.2. The van der Waals surface area contributed by atoms with Gasteiger partial charge >= 0.3 is 0 Å². The fourth-order valence-electron chi connectivity index (χ4n) is 2.52. The Morgan fingerprint density at radius 2 is 1.78 bits per heavy atom. The van der Waals surface area contributed by atoms with Gasteiger partial charge < -0.3 is 4.90 Å². The van der Waals surface area contributed by atoms with Crippen molar-refractivity contribution in [3.8, 4) is 0 Å². The third-order valence-corrected chi connectivity index (χ3v) is 3.63. The number of amidine groups is 1. The molecule has 2 nitrogen and oxygen atoms in total. The third kappa shape index (κ3) is 3.86. The zero-order chi connectivity index (χ0) is 12.8. The number of benzene rings is 1. The summed E-state index contributed by atoms with van der Waals surface area (Å²) in [4.78, 5) is 7.14. The van der Waals surface area contributed by atoms with Crippen molar-refractivity contribution in [2.45, 2.75) is 44.6 Å². The number of rotatable bonds is 3. The highest BCUT2D eigenvalue weighted by atomic mass is 15.1. The molecule has 0 heterocycles. The predicted octanol–water partition coefficient (Wildman–Crippen LogP) is 3.52. The molecular formula is C16H24N2. The van der Waals surface area contributed by atoms with Crippen LogP contribution in [0.2, 0.25) is 0 Å². The lowest BCUT2D eigenvalue weighted by Crippen LogP contribution is -2.27. The second kappa shape index (κ2) is 6.58. The first-order valence-corrected chi connectivity index (χ1v) is 7.03. The molecule has 1 saturated carbocycles. The summed E-state index contributed by atoms with van der Waals surface area (Å²) in [5.41, 5.74) is 1.35. The Morgan fingerprint density at radius 1 is 1.11 bits per heavy atom. The highest BCUT2D eigenvalue weighted by Gasteiger charge is 2.14. The largest absolute Gasteiger partial charge is 0.366 e. The molecule has 0 N–H and O–H groups in total.